The van der Waals surface area contributed by atoms with Crippen LogP contribution in [0.2, 0.25) is 0 Å². The van der Waals surface area contributed by atoms with E-state index < -0.39 is 12.0 Å². The maximum absolute atomic E-state index is 11.0. The molecule has 0 radical (unpaired) electrons. The van der Waals surface area contributed by atoms with Crippen molar-refractivity contribution in [3.05, 3.63) is 0 Å². The standard InChI is InChI=1S/C12H26N2O2/c1-6-10(4)14(5)8-7-11(12(15)16)13-9(2)3/h9-11,13H,6-8H2,1-5H3,(H,15,16). The Labute approximate surface area is 99.0 Å². The smallest absolute Gasteiger partial charge is 0.320 e. The zero-order chi connectivity index (χ0) is 12.7. The molecule has 0 fully saturated rings. The SMILES string of the molecule is CCC(C)N(C)CCC(NC(C)C)C(=O)O. The van der Waals surface area contributed by atoms with Crippen LogP contribution in [0.25, 0.3) is 0 Å². The lowest BCUT2D eigenvalue weighted by molar-refractivity contribution is -0.140. The second-order valence-electron chi connectivity index (χ2n) is 4.74. The van der Waals surface area contributed by atoms with Crippen molar-refractivity contribution >= 4 is 5.97 Å². The highest BCUT2D eigenvalue weighted by Crippen LogP contribution is 2.03. The van der Waals surface area contributed by atoms with Gasteiger partial charge in [-0.05, 0) is 26.8 Å². The lowest BCUT2D eigenvalue weighted by atomic mass is 10.1. The van der Waals surface area contributed by atoms with Gasteiger partial charge >= 0.3 is 5.97 Å². The van der Waals surface area contributed by atoms with Gasteiger partial charge in [0, 0.05) is 18.6 Å². The molecule has 0 aliphatic carbocycles. The van der Waals surface area contributed by atoms with Crippen LogP contribution in [0.15, 0.2) is 0 Å². The first-order valence-electron chi connectivity index (χ1n) is 6.07. The van der Waals surface area contributed by atoms with Crippen molar-refractivity contribution in [2.45, 2.75) is 58.7 Å². The highest BCUT2D eigenvalue weighted by Gasteiger charge is 2.19. The summed E-state index contributed by atoms with van der Waals surface area (Å²) in [5.74, 6) is -0.758. The number of hydrogen-bond donors (Lipinski definition) is 2. The molecule has 0 bridgehead atoms. The molecule has 4 nitrogen and oxygen atoms in total. The van der Waals surface area contributed by atoms with E-state index in [1.165, 1.54) is 0 Å². The molecule has 0 aromatic rings. The van der Waals surface area contributed by atoms with Gasteiger partial charge in [-0.1, -0.05) is 20.8 Å². The highest BCUT2D eigenvalue weighted by atomic mass is 16.4. The zero-order valence-electron chi connectivity index (χ0n) is 11.2. The molecule has 0 aromatic heterocycles. The molecule has 0 heterocycles. The maximum atomic E-state index is 11.0. The van der Waals surface area contributed by atoms with Gasteiger partial charge < -0.3 is 15.3 Å². The molecule has 0 saturated carbocycles. The third-order valence-electron chi connectivity index (χ3n) is 2.95. The molecule has 0 rings (SSSR count). The van der Waals surface area contributed by atoms with Gasteiger partial charge in [0.2, 0.25) is 0 Å². The maximum Gasteiger partial charge on any atom is 0.320 e. The number of nitrogens with one attached hydrogen (secondary N) is 1. The van der Waals surface area contributed by atoms with Crippen LogP contribution in [0.1, 0.15) is 40.5 Å². The average Bonchev–Trinajstić information content (AvgIpc) is 2.21. The van der Waals surface area contributed by atoms with Gasteiger partial charge in [-0.15, -0.1) is 0 Å². The summed E-state index contributed by atoms with van der Waals surface area (Å²) in [6.45, 7) is 9.04. The van der Waals surface area contributed by atoms with E-state index in [0.717, 1.165) is 13.0 Å². The first-order valence-corrected chi connectivity index (χ1v) is 6.07. The highest BCUT2D eigenvalue weighted by molar-refractivity contribution is 5.73. The Kier molecular flexibility index (Phi) is 7.34. The van der Waals surface area contributed by atoms with E-state index >= 15 is 0 Å². The summed E-state index contributed by atoms with van der Waals surface area (Å²) in [5.41, 5.74) is 0. The fraction of sp³-hybridized carbons (Fsp3) is 0.917. The van der Waals surface area contributed by atoms with E-state index in [9.17, 15) is 4.79 Å². The molecule has 0 spiro atoms. The molecule has 4 heteroatoms. The van der Waals surface area contributed by atoms with Gasteiger partial charge in [-0.3, -0.25) is 4.79 Å². The number of carboxylic acid groups (broad SMARTS) is 1. The summed E-state index contributed by atoms with van der Waals surface area (Å²) in [6, 6.07) is 0.273. The Morgan fingerprint density at radius 1 is 1.38 bits per heavy atom. The van der Waals surface area contributed by atoms with Crippen LogP contribution in [0.5, 0.6) is 0 Å². The summed E-state index contributed by atoms with van der Waals surface area (Å²) in [6.07, 6.45) is 1.74. The van der Waals surface area contributed by atoms with Gasteiger partial charge in [-0.2, -0.15) is 0 Å². The Morgan fingerprint density at radius 2 is 1.94 bits per heavy atom. The van der Waals surface area contributed by atoms with Crippen molar-refractivity contribution in [2.75, 3.05) is 13.6 Å². The van der Waals surface area contributed by atoms with Gasteiger partial charge in [0.1, 0.15) is 6.04 Å². The Bertz CT molecular complexity index is 207. The molecule has 2 atom stereocenters. The molecule has 2 N–H and O–H groups in total. The Hall–Kier alpha value is -0.610. The molecule has 0 saturated heterocycles. The van der Waals surface area contributed by atoms with E-state index in [4.69, 9.17) is 5.11 Å². The predicted octanol–water partition coefficient (Wildman–Crippen LogP) is 1.56. The van der Waals surface area contributed by atoms with Crippen LogP contribution in [0.3, 0.4) is 0 Å². The van der Waals surface area contributed by atoms with Gasteiger partial charge in [0.05, 0.1) is 0 Å². The van der Waals surface area contributed by atoms with E-state index in [0.29, 0.717) is 12.5 Å². The minimum atomic E-state index is -0.758. The lowest BCUT2D eigenvalue weighted by Gasteiger charge is -2.25. The number of rotatable bonds is 8. The summed E-state index contributed by atoms with van der Waals surface area (Å²) < 4.78 is 0. The van der Waals surface area contributed by atoms with Crippen LogP contribution in [0.4, 0.5) is 0 Å². The quantitative estimate of drug-likeness (QED) is 0.664. The fourth-order valence-corrected chi connectivity index (χ4v) is 1.55. The fourth-order valence-electron chi connectivity index (χ4n) is 1.55. The summed E-state index contributed by atoms with van der Waals surface area (Å²) >= 11 is 0. The number of carboxylic acids is 1. The Balaban J connectivity index is 4.06. The van der Waals surface area contributed by atoms with Crippen molar-refractivity contribution < 1.29 is 9.90 Å². The van der Waals surface area contributed by atoms with Gasteiger partial charge in [0.25, 0.3) is 0 Å². The zero-order valence-corrected chi connectivity index (χ0v) is 11.2. The van der Waals surface area contributed by atoms with Crippen molar-refractivity contribution in [1.82, 2.24) is 10.2 Å². The normalized spacial score (nSPS) is 15.4. The predicted molar refractivity (Wildman–Crippen MR) is 66.7 cm³/mol. The third-order valence-corrected chi connectivity index (χ3v) is 2.95. The van der Waals surface area contributed by atoms with Crippen molar-refractivity contribution in [2.24, 2.45) is 0 Å². The number of aliphatic carboxylic acids is 1. The van der Waals surface area contributed by atoms with Crippen LogP contribution >= 0.6 is 0 Å². The molecule has 96 valence electrons. The molecule has 2 unspecified atom stereocenters. The molecule has 0 aromatic carbocycles. The van der Waals surface area contributed by atoms with Gasteiger partial charge in [-0.25, -0.2) is 0 Å². The van der Waals surface area contributed by atoms with Crippen LogP contribution in [-0.2, 0) is 4.79 Å². The summed E-state index contributed by atoms with van der Waals surface area (Å²) in [7, 11) is 2.04. The van der Waals surface area contributed by atoms with Crippen molar-refractivity contribution in [3.8, 4) is 0 Å². The molecule has 0 aliphatic heterocycles. The topological polar surface area (TPSA) is 52.6 Å². The third kappa shape index (κ3) is 6.08. The summed E-state index contributed by atoms with van der Waals surface area (Å²) in [5, 5.41) is 12.1. The molecule has 0 aliphatic rings. The van der Waals surface area contributed by atoms with Crippen LogP contribution in [0, 0.1) is 0 Å². The minimum Gasteiger partial charge on any atom is -0.480 e. The van der Waals surface area contributed by atoms with Crippen LogP contribution < -0.4 is 5.32 Å². The lowest BCUT2D eigenvalue weighted by Crippen LogP contribution is -2.43. The van der Waals surface area contributed by atoms with Crippen molar-refractivity contribution in [1.29, 1.82) is 0 Å². The number of carbonyl (C=O) groups is 1. The molecule has 16 heavy (non-hydrogen) atoms. The summed E-state index contributed by atoms with van der Waals surface area (Å²) in [4.78, 5) is 13.2. The van der Waals surface area contributed by atoms with E-state index in [1.54, 1.807) is 0 Å². The number of hydrogen-bond acceptors (Lipinski definition) is 3. The van der Waals surface area contributed by atoms with Crippen LogP contribution in [-0.4, -0.2) is 47.7 Å². The molecular weight excluding hydrogens is 204 g/mol. The first-order chi connectivity index (χ1) is 7.38. The van der Waals surface area contributed by atoms with E-state index in [-0.39, 0.29) is 6.04 Å². The van der Waals surface area contributed by atoms with E-state index in [1.807, 2.05) is 20.9 Å². The first kappa shape index (κ1) is 15.4. The largest absolute Gasteiger partial charge is 0.480 e. The monoisotopic (exact) mass is 230 g/mol. The second-order valence-corrected chi connectivity index (χ2v) is 4.74. The van der Waals surface area contributed by atoms with Gasteiger partial charge in [0.15, 0.2) is 0 Å². The minimum absolute atomic E-state index is 0.204. The average molecular weight is 230 g/mol. The molecular formula is C12H26N2O2. The molecule has 0 amide bonds. The Morgan fingerprint density at radius 3 is 2.31 bits per heavy atom. The van der Waals surface area contributed by atoms with E-state index in [2.05, 4.69) is 24.1 Å². The number of nitrogens with zero attached hydrogens (tertiary/aromatic N) is 1. The van der Waals surface area contributed by atoms with Crippen molar-refractivity contribution in [3.63, 3.8) is 0 Å². The second kappa shape index (κ2) is 7.63.